The highest BCUT2D eigenvalue weighted by atomic mass is 32.2. The first-order valence-corrected chi connectivity index (χ1v) is 12.0. The Labute approximate surface area is 187 Å². The summed E-state index contributed by atoms with van der Waals surface area (Å²) in [4.78, 5) is 26.8. The highest BCUT2D eigenvalue weighted by Crippen LogP contribution is 2.19. The zero-order valence-electron chi connectivity index (χ0n) is 18.1. The van der Waals surface area contributed by atoms with Crippen LogP contribution in [0.3, 0.4) is 0 Å². The highest BCUT2D eigenvalue weighted by Gasteiger charge is 2.37. The molecule has 2 fully saturated rings. The van der Waals surface area contributed by atoms with Crippen molar-refractivity contribution in [2.24, 2.45) is 0 Å². The Balaban J connectivity index is 1.45. The molecule has 1 amide bonds. The summed E-state index contributed by atoms with van der Waals surface area (Å²) in [7, 11) is -3.63. The van der Waals surface area contributed by atoms with E-state index >= 15 is 0 Å². The summed E-state index contributed by atoms with van der Waals surface area (Å²) in [5.41, 5.74) is 0.371. The third kappa shape index (κ3) is 4.60. The van der Waals surface area contributed by atoms with E-state index < -0.39 is 10.2 Å². The van der Waals surface area contributed by atoms with Crippen LogP contribution in [-0.2, 0) is 14.9 Å². The average Bonchev–Trinajstić information content (AvgIpc) is 2.79. The summed E-state index contributed by atoms with van der Waals surface area (Å²) in [6.07, 6.45) is -0.328. The minimum absolute atomic E-state index is 0.139. The molecule has 1 aromatic heterocycles. The molecule has 0 radical (unpaired) electrons. The molecule has 0 saturated carbocycles. The number of para-hydroxylation sites is 1. The van der Waals surface area contributed by atoms with Crippen LogP contribution in [0.25, 0.3) is 5.69 Å². The van der Waals surface area contributed by atoms with Crippen LogP contribution in [0, 0.1) is 0 Å². The van der Waals surface area contributed by atoms with Crippen molar-refractivity contribution >= 4 is 16.1 Å². The van der Waals surface area contributed by atoms with Gasteiger partial charge < -0.3 is 9.64 Å². The Bertz CT molecular complexity index is 1120. The van der Waals surface area contributed by atoms with Crippen LogP contribution in [0.2, 0.25) is 0 Å². The summed E-state index contributed by atoms with van der Waals surface area (Å²) in [6.45, 7) is 5.25. The monoisotopic (exact) mass is 461 g/mol. The predicted octanol–water partition coefficient (Wildman–Crippen LogP) is 0.344. The lowest BCUT2D eigenvalue weighted by molar-refractivity contribution is -0.0457. The van der Waals surface area contributed by atoms with Crippen molar-refractivity contribution in [2.45, 2.75) is 26.1 Å². The van der Waals surface area contributed by atoms with Crippen LogP contribution in [0.5, 0.6) is 0 Å². The summed E-state index contributed by atoms with van der Waals surface area (Å²) in [5, 5.41) is 4.23. The van der Waals surface area contributed by atoms with Crippen molar-refractivity contribution in [1.29, 1.82) is 0 Å². The standard InChI is InChI=1S/C21H27N5O5S/c1-16-14-25(15-17(2)31-16)32(29,30)24-12-10-23(11-13-24)21(28)19-8-9-20(27)26(22-19)18-6-4-3-5-7-18/h3-9,16-17H,10-15H2,1-2H3. The van der Waals surface area contributed by atoms with E-state index in [0.29, 0.717) is 18.8 Å². The molecule has 2 unspecified atom stereocenters. The molecule has 2 aliphatic rings. The number of morpholine rings is 1. The fourth-order valence-corrected chi connectivity index (χ4v) is 5.79. The molecule has 1 aromatic carbocycles. The number of amides is 1. The van der Waals surface area contributed by atoms with E-state index in [1.165, 1.54) is 25.4 Å². The Morgan fingerprint density at radius 3 is 2.19 bits per heavy atom. The summed E-state index contributed by atoms with van der Waals surface area (Å²) in [6, 6.07) is 11.6. The second-order valence-electron chi connectivity index (χ2n) is 8.08. The summed E-state index contributed by atoms with van der Waals surface area (Å²) < 4.78 is 35.8. The maximum Gasteiger partial charge on any atom is 0.282 e. The number of carbonyl (C=O) groups is 1. The molecule has 0 bridgehead atoms. The lowest BCUT2D eigenvalue weighted by atomic mass is 10.3. The smallest absolute Gasteiger partial charge is 0.282 e. The van der Waals surface area contributed by atoms with Crippen molar-refractivity contribution in [2.75, 3.05) is 39.3 Å². The van der Waals surface area contributed by atoms with Gasteiger partial charge in [-0.25, -0.2) is 0 Å². The van der Waals surface area contributed by atoms with Crippen molar-refractivity contribution in [1.82, 2.24) is 23.3 Å². The number of hydrogen-bond donors (Lipinski definition) is 0. The van der Waals surface area contributed by atoms with Gasteiger partial charge >= 0.3 is 0 Å². The first-order chi connectivity index (χ1) is 15.3. The molecule has 2 atom stereocenters. The lowest BCUT2D eigenvalue weighted by Crippen LogP contribution is -2.57. The molecular weight excluding hydrogens is 434 g/mol. The van der Waals surface area contributed by atoms with Gasteiger partial charge in [-0.05, 0) is 32.0 Å². The summed E-state index contributed by atoms with van der Waals surface area (Å²) in [5.74, 6) is -0.333. The number of nitrogens with zero attached hydrogens (tertiary/aromatic N) is 5. The number of piperazine rings is 1. The SMILES string of the molecule is CC1CN(S(=O)(=O)N2CCN(C(=O)c3ccc(=O)n(-c4ccccc4)n3)CC2)CC(C)O1. The second-order valence-corrected chi connectivity index (χ2v) is 10.0. The van der Waals surface area contributed by atoms with Crippen LogP contribution >= 0.6 is 0 Å². The Kier molecular flexibility index (Phi) is 6.42. The first kappa shape index (κ1) is 22.6. The minimum Gasteiger partial charge on any atom is -0.373 e. The quantitative estimate of drug-likeness (QED) is 0.651. The molecule has 32 heavy (non-hydrogen) atoms. The van der Waals surface area contributed by atoms with Gasteiger partial charge in [0.25, 0.3) is 21.7 Å². The van der Waals surface area contributed by atoms with Crippen molar-refractivity contribution in [3.05, 3.63) is 58.5 Å². The van der Waals surface area contributed by atoms with E-state index in [2.05, 4.69) is 5.10 Å². The molecule has 2 saturated heterocycles. The number of ether oxygens (including phenoxy) is 1. The third-order valence-electron chi connectivity index (χ3n) is 5.58. The molecule has 0 N–H and O–H groups in total. The fraction of sp³-hybridized carbons (Fsp3) is 0.476. The van der Waals surface area contributed by atoms with E-state index in [1.54, 1.807) is 29.2 Å². The molecule has 11 heteroatoms. The molecule has 4 rings (SSSR count). The van der Waals surface area contributed by atoms with Crippen LogP contribution < -0.4 is 5.56 Å². The molecule has 10 nitrogen and oxygen atoms in total. The highest BCUT2D eigenvalue weighted by molar-refractivity contribution is 7.86. The second kappa shape index (κ2) is 9.10. The van der Waals surface area contributed by atoms with E-state index in [1.807, 2.05) is 19.9 Å². The predicted molar refractivity (Wildman–Crippen MR) is 118 cm³/mol. The minimum atomic E-state index is -3.63. The Morgan fingerprint density at radius 2 is 1.56 bits per heavy atom. The zero-order valence-corrected chi connectivity index (χ0v) is 18.9. The largest absolute Gasteiger partial charge is 0.373 e. The molecule has 0 spiro atoms. The van der Waals surface area contributed by atoms with E-state index in [0.717, 1.165) is 0 Å². The number of carbonyl (C=O) groups excluding carboxylic acids is 1. The van der Waals surface area contributed by atoms with Crippen LogP contribution in [0.1, 0.15) is 24.3 Å². The van der Waals surface area contributed by atoms with Gasteiger partial charge in [-0.1, -0.05) is 18.2 Å². The normalized spacial score (nSPS) is 23.2. The van der Waals surface area contributed by atoms with Gasteiger partial charge in [0, 0.05) is 45.3 Å². The third-order valence-corrected chi connectivity index (χ3v) is 7.55. The van der Waals surface area contributed by atoms with Crippen molar-refractivity contribution in [3.63, 3.8) is 0 Å². The Morgan fingerprint density at radius 1 is 0.938 bits per heavy atom. The van der Waals surface area contributed by atoms with E-state index in [-0.39, 0.29) is 55.5 Å². The molecule has 2 aromatic rings. The van der Waals surface area contributed by atoms with Crippen molar-refractivity contribution < 1.29 is 17.9 Å². The number of aromatic nitrogens is 2. The average molecular weight is 462 g/mol. The zero-order chi connectivity index (χ0) is 22.9. The van der Waals surface area contributed by atoms with Gasteiger partial charge in [0.15, 0.2) is 0 Å². The van der Waals surface area contributed by atoms with Gasteiger partial charge in [0.2, 0.25) is 0 Å². The van der Waals surface area contributed by atoms with Gasteiger partial charge in [0.1, 0.15) is 5.69 Å². The topological polar surface area (TPSA) is 105 Å². The van der Waals surface area contributed by atoms with Gasteiger partial charge in [-0.3, -0.25) is 9.59 Å². The van der Waals surface area contributed by atoms with Crippen LogP contribution in [0.4, 0.5) is 0 Å². The van der Waals surface area contributed by atoms with E-state index in [9.17, 15) is 18.0 Å². The van der Waals surface area contributed by atoms with Gasteiger partial charge in [-0.2, -0.15) is 26.8 Å². The lowest BCUT2D eigenvalue weighted by Gasteiger charge is -2.40. The molecular formula is C21H27N5O5S. The number of hydrogen-bond acceptors (Lipinski definition) is 6. The summed E-state index contributed by atoms with van der Waals surface area (Å²) >= 11 is 0. The molecule has 2 aliphatic heterocycles. The van der Waals surface area contributed by atoms with Crippen LogP contribution in [0.15, 0.2) is 47.3 Å². The molecule has 0 aliphatic carbocycles. The Hall–Kier alpha value is -2.60. The number of benzene rings is 1. The maximum atomic E-state index is 13.1. The number of rotatable bonds is 4. The molecule has 3 heterocycles. The molecule has 172 valence electrons. The van der Waals surface area contributed by atoms with Gasteiger partial charge in [0.05, 0.1) is 17.9 Å². The van der Waals surface area contributed by atoms with E-state index in [4.69, 9.17) is 4.74 Å². The van der Waals surface area contributed by atoms with Crippen molar-refractivity contribution in [3.8, 4) is 5.69 Å². The van der Waals surface area contributed by atoms with Crippen LogP contribution in [-0.4, -0.2) is 89.1 Å². The first-order valence-electron chi connectivity index (χ1n) is 10.6. The fourth-order valence-electron chi connectivity index (χ4n) is 4.05. The maximum absolute atomic E-state index is 13.1. The van der Waals surface area contributed by atoms with Gasteiger partial charge in [-0.15, -0.1) is 0 Å².